The predicted molar refractivity (Wildman–Crippen MR) is 293 cm³/mol. The molecule has 0 N–H and O–H groups in total. The Morgan fingerprint density at radius 3 is 0.897 bits per heavy atom. The van der Waals surface area contributed by atoms with Gasteiger partial charge < -0.3 is 14.2 Å². The number of unbranched alkanes of at least 4 members (excludes halogenated alkanes) is 26. The number of esters is 3. The van der Waals surface area contributed by atoms with E-state index in [1.807, 2.05) is 0 Å². The lowest BCUT2D eigenvalue weighted by Gasteiger charge is -2.18. The molecule has 0 radical (unpaired) electrons. The highest BCUT2D eigenvalue weighted by Crippen LogP contribution is 2.14. The van der Waals surface area contributed by atoms with E-state index in [0.717, 1.165) is 128 Å². The summed E-state index contributed by atoms with van der Waals surface area (Å²) in [5.74, 6) is -0.930. The van der Waals surface area contributed by atoms with Crippen LogP contribution >= 0.6 is 0 Å². The molecule has 0 saturated carbocycles. The average Bonchev–Trinajstić information content (AvgIpc) is 3.34. The molecule has 0 fully saturated rings. The number of carbonyl (C=O) groups is 3. The minimum absolute atomic E-state index is 0.0940. The molecule has 0 aromatic rings. The van der Waals surface area contributed by atoms with Gasteiger partial charge in [-0.15, -0.1) is 0 Å². The molecule has 0 aromatic heterocycles. The molecule has 6 nitrogen and oxygen atoms in total. The first-order valence-electron chi connectivity index (χ1n) is 28.6. The quantitative estimate of drug-likeness (QED) is 0.0262. The summed E-state index contributed by atoms with van der Waals surface area (Å²) in [6.07, 6.45) is 72.8. The van der Waals surface area contributed by atoms with Crippen LogP contribution in [0.2, 0.25) is 0 Å². The Kier molecular flexibility index (Phi) is 53.4. The zero-order chi connectivity index (χ0) is 49.3. The summed E-state index contributed by atoms with van der Waals surface area (Å²) >= 11 is 0. The summed E-state index contributed by atoms with van der Waals surface area (Å²) in [5.41, 5.74) is 0. The van der Waals surface area contributed by atoms with Crippen molar-refractivity contribution in [1.82, 2.24) is 0 Å². The summed E-state index contributed by atoms with van der Waals surface area (Å²) in [5, 5.41) is 0. The van der Waals surface area contributed by atoms with Gasteiger partial charge in [0.1, 0.15) is 13.2 Å². The van der Waals surface area contributed by atoms with Gasteiger partial charge in [-0.05, 0) is 116 Å². The zero-order valence-electron chi connectivity index (χ0n) is 44.6. The molecule has 0 aliphatic rings. The highest BCUT2D eigenvalue weighted by Gasteiger charge is 2.19. The third kappa shape index (κ3) is 53.5. The van der Waals surface area contributed by atoms with Crippen LogP contribution in [-0.2, 0) is 28.6 Å². The third-order valence-corrected chi connectivity index (χ3v) is 12.1. The van der Waals surface area contributed by atoms with Crippen molar-refractivity contribution in [3.05, 3.63) is 85.1 Å². The van der Waals surface area contributed by atoms with Crippen LogP contribution < -0.4 is 0 Å². The molecule has 0 spiro atoms. The molecule has 0 aromatic carbocycles. The van der Waals surface area contributed by atoms with Gasteiger partial charge in [0.05, 0.1) is 0 Å². The van der Waals surface area contributed by atoms with E-state index in [1.165, 1.54) is 103 Å². The Hall–Kier alpha value is -3.41. The number of hydrogen-bond acceptors (Lipinski definition) is 6. The normalized spacial score (nSPS) is 12.7. The zero-order valence-corrected chi connectivity index (χ0v) is 44.6. The Morgan fingerprint density at radius 2 is 0.544 bits per heavy atom. The highest BCUT2D eigenvalue weighted by molar-refractivity contribution is 5.71. The predicted octanol–water partition coefficient (Wildman–Crippen LogP) is 19.2. The fraction of sp³-hybridized carbons (Fsp3) is 0.726. The number of ether oxygens (including phenoxy) is 3. The van der Waals surface area contributed by atoms with Gasteiger partial charge in [0.25, 0.3) is 0 Å². The van der Waals surface area contributed by atoms with E-state index >= 15 is 0 Å². The lowest BCUT2D eigenvalue weighted by atomic mass is 10.1. The summed E-state index contributed by atoms with van der Waals surface area (Å²) in [6, 6.07) is 0. The molecular weight excluding hydrogens is 841 g/mol. The second kappa shape index (κ2) is 56.2. The van der Waals surface area contributed by atoms with Crippen molar-refractivity contribution in [2.45, 2.75) is 277 Å². The Labute approximate surface area is 420 Å². The third-order valence-electron chi connectivity index (χ3n) is 12.1. The van der Waals surface area contributed by atoms with E-state index in [1.54, 1.807) is 0 Å². The Morgan fingerprint density at radius 1 is 0.294 bits per heavy atom. The van der Waals surface area contributed by atoms with Crippen LogP contribution in [0.1, 0.15) is 271 Å². The molecule has 0 rings (SSSR count). The van der Waals surface area contributed by atoms with E-state index in [4.69, 9.17) is 14.2 Å². The molecule has 0 amide bonds. The van der Waals surface area contributed by atoms with E-state index < -0.39 is 6.10 Å². The molecule has 6 heteroatoms. The van der Waals surface area contributed by atoms with Crippen LogP contribution in [0.15, 0.2) is 85.1 Å². The van der Waals surface area contributed by atoms with Crippen molar-refractivity contribution in [2.24, 2.45) is 0 Å². The number of hydrogen-bond donors (Lipinski definition) is 0. The molecule has 390 valence electrons. The lowest BCUT2D eigenvalue weighted by molar-refractivity contribution is -0.167. The van der Waals surface area contributed by atoms with Gasteiger partial charge in [-0.2, -0.15) is 0 Å². The maximum atomic E-state index is 12.8. The van der Waals surface area contributed by atoms with Crippen molar-refractivity contribution in [3.63, 3.8) is 0 Å². The first kappa shape index (κ1) is 64.6. The van der Waals surface area contributed by atoms with Crippen molar-refractivity contribution in [3.8, 4) is 0 Å². The molecule has 1 unspecified atom stereocenters. The highest BCUT2D eigenvalue weighted by atomic mass is 16.6. The summed E-state index contributed by atoms with van der Waals surface area (Å²) < 4.78 is 16.8. The Bertz CT molecular complexity index is 1320. The van der Waals surface area contributed by atoms with Crippen LogP contribution in [0.5, 0.6) is 0 Å². The molecule has 0 saturated heterocycles. The van der Waals surface area contributed by atoms with E-state index in [2.05, 4.69) is 106 Å². The van der Waals surface area contributed by atoms with Crippen LogP contribution in [-0.4, -0.2) is 37.2 Å². The van der Waals surface area contributed by atoms with Crippen molar-refractivity contribution in [1.29, 1.82) is 0 Å². The molecule has 68 heavy (non-hydrogen) atoms. The first-order valence-corrected chi connectivity index (χ1v) is 28.6. The minimum atomic E-state index is -0.796. The largest absolute Gasteiger partial charge is 0.462 e. The smallest absolute Gasteiger partial charge is 0.306 e. The maximum Gasteiger partial charge on any atom is 0.306 e. The fourth-order valence-corrected chi connectivity index (χ4v) is 7.73. The number of rotatable bonds is 51. The van der Waals surface area contributed by atoms with Crippen LogP contribution in [0.3, 0.4) is 0 Å². The van der Waals surface area contributed by atoms with Gasteiger partial charge in [-0.3, -0.25) is 14.4 Å². The van der Waals surface area contributed by atoms with Crippen molar-refractivity contribution < 1.29 is 28.6 Å². The number of carbonyl (C=O) groups excluding carboxylic acids is 3. The summed E-state index contributed by atoms with van der Waals surface area (Å²) in [6.45, 7) is 6.53. The SMILES string of the molecule is CCCC/C=C\C/C=C\CCCCCCCC(=O)OCC(COC(=O)CCCCCCCC/C=C\C/C=C\C/C=C\CCCCCCC)OC(=O)CCCCCCC/C=C\C/C=C\CCCCC. The monoisotopic (exact) mass is 947 g/mol. The lowest BCUT2D eigenvalue weighted by Crippen LogP contribution is -2.30. The fourth-order valence-electron chi connectivity index (χ4n) is 7.73. The van der Waals surface area contributed by atoms with Gasteiger partial charge in [-0.1, -0.05) is 221 Å². The van der Waals surface area contributed by atoms with E-state index in [-0.39, 0.29) is 31.1 Å². The van der Waals surface area contributed by atoms with Crippen molar-refractivity contribution in [2.75, 3.05) is 13.2 Å². The van der Waals surface area contributed by atoms with Crippen LogP contribution in [0.4, 0.5) is 0 Å². The van der Waals surface area contributed by atoms with Gasteiger partial charge in [0.2, 0.25) is 0 Å². The summed E-state index contributed by atoms with van der Waals surface area (Å²) in [4.78, 5) is 38.1. The van der Waals surface area contributed by atoms with Gasteiger partial charge in [0, 0.05) is 19.3 Å². The second-order valence-electron chi connectivity index (χ2n) is 18.8. The average molecular weight is 948 g/mol. The molecule has 0 aliphatic heterocycles. The van der Waals surface area contributed by atoms with Gasteiger partial charge in [0.15, 0.2) is 6.10 Å². The first-order chi connectivity index (χ1) is 33.5. The van der Waals surface area contributed by atoms with Gasteiger partial charge in [-0.25, -0.2) is 0 Å². The Balaban J connectivity index is 4.42. The minimum Gasteiger partial charge on any atom is -0.462 e. The van der Waals surface area contributed by atoms with Crippen LogP contribution in [0.25, 0.3) is 0 Å². The van der Waals surface area contributed by atoms with E-state index in [9.17, 15) is 14.4 Å². The molecule has 0 heterocycles. The second-order valence-corrected chi connectivity index (χ2v) is 18.8. The van der Waals surface area contributed by atoms with Crippen LogP contribution in [0, 0.1) is 0 Å². The standard InChI is InChI=1S/C62H106O6/c1-4-7-10-13-16-19-22-25-28-29-30-31-32-33-35-37-40-43-46-49-52-55-61(64)67-58-59(57-66-60(63)54-51-48-45-42-39-36-27-24-21-18-15-12-9-6-3)68-62(65)56-53-50-47-44-41-38-34-26-23-20-17-14-11-8-5-2/h15,17-18,20,22,24-27,29-30,32-34,59H,4-14,16,19,21,23,28,31,35-58H2,1-3H3/b18-15-,20-17-,25-22-,27-24-,30-29-,33-32-,34-26-. The molecule has 0 bridgehead atoms. The molecule has 0 aliphatic carbocycles. The maximum absolute atomic E-state index is 12.8. The number of allylic oxidation sites excluding steroid dienone is 14. The molecule has 1 atom stereocenters. The van der Waals surface area contributed by atoms with Crippen molar-refractivity contribution >= 4 is 17.9 Å². The molecular formula is C62H106O6. The van der Waals surface area contributed by atoms with Gasteiger partial charge >= 0.3 is 17.9 Å². The van der Waals surface area contributed by atoms with E-state index in [0.29, 0.717) is 19.3 Å². The summed E-state index contributed by atoms with van der Waals surface area (Å²) in [7, 11) is 0. The topological polar surface area (TPSA) is 78.9 Å².